The van der Waals surface area contributed by atoms with Crippen LogP contribution in [0.15, 0.2) is 0 Å². The fourth-order valence-corrected chi connectivity index (χ4v) is 1.13. The zero-order valence-corrected chi connectivity index (χ0v) is 8.93. The van der Waals surface area contributed by atoms with Crippen molar-refractivity contribution in [2.24, 2.45) is 0 Å². The second kappa shape index (κ2) is 5.85. The van der Waals surface area contributed by atoms with Crippen LogP contribution >= 0.6 is 11.8 Å². The van der Waals surface area contributed by atoms with Crippen molar-refractivity contribution in [1.29, 1.82) is 0 Å². The highest BCUT2D eigenvalue weighted by Gasteiger charge is 2.20. The van der Waals surface area contributed by atoms with Crippen molar-refractivity contribution in [2.45, 2.75) is 19.4 Å². The first-order valence-corrected chi connectivity index (χ1v) is 5.37. The number of carbonyl (C=O) groups is 2. The zero-order valence-electron chi connectivity index (χ0n) is 8.11. The topological polar surface area (TPSA) is 57.6 Å². The molecule has 1 N–H and O–H groups in total. The molecule has 0 aliphatic heterocycles. The summed E-state index contributed by atoms with van der Waals surface area (Å²) in [6, 6.07) is -0.741. The number of hydrogen-bond acceptors (Lipinski definition) is 3. The van der Waals surface area contributed by atoms with Gasteiger partial charge in [0.25, 0.3) is 0 Å². The molecule has 0 bridgehead atoms. The normalized spacial score (nSPS) is 12.2. The SMILES string of the molecule is CSCCC(=O)N(C)[C@H](C)C(=O)O. The summed E-state index contributed by atoms with van der Waals surface area (Å²) in [6.07, 6.45) is 2.31. The maximum atomic E-state index is 11.3. The van der Waals surface area contributed by atoms with Crippen LogP contribution in [0.5, 0.6) is 0 Å². The molecule has 0 rings (SSSR count). The van der Waals surface area contributed by atoms with Crippen LogP contribution in [-0.2, 0) is 9.59 Å². The summed E-state index contributed by atoms with van der Waals surface area (Å²) >= 11 is 1.57. The summed E-state index contributed by atoms with van der Waals surface area (Å²) < 4.78 is 0. The van der Waals surface area contributed by atoms with Gasteiger partial charge in [0.1, 0.15) is 6.04 Å². The number of hydrogen-bond donors (Lipinski definition) is 1. The van der Waals surface area contributed by atoms with Crippen LogP contribution in [0.1, 0.15) is 13.3 Å². The molecule has 76 valence electrons. The van der Waals surface area contributed by atoms with E-state index < -0.39 is 12.0 Å². The summed E-state index contributed by atoms with van der Waals surface area (Å²) in [4.78, 5) is 23.1. The van der Waals surface area contributed by atoms with Crippen LogP contribution < -0.4 is 0 Å². The number of carboxylic acid groups (broad SMARTS) is 1. The minimum atomic E-state index is -0.972. The first-order chi connectivity index (χ1) is 6.00. The molecule has 13 heavy (non-hydrogen) atoms. The standard InChI is InChI=1S/C8H15NO3S/c1-6(8(11)12)9(2)7(10)4-5-13-3/h6H,4-5H2,1-3H3,(H,11,12)/t6-/m1/s1. The number of carboxylic acids is 1. The second-order valence-electron chi connectivity index (χ2n) is 2.76. The number of thioether (sulfide) groups is 1. The molecule has 0 radical (unpaired) electrons. The van der Waals surface area contributed by atoms with Crippen molar-refractivity contribution in [3.63, 3.8) is 0 Å². The molecular formula is C8H15NO3S. The number of amides is 1. The van der Waals surface area contributed by atoms with Crippen LogP contribution in [0, 0.1) is 0 Å². The van der Waals surface area contributed by atoms with Gasteiger partial charge in [0, 0.05) is 19.2 Å². The highest BCUT2D eigenvalue weighted by molar-refractivity contribution is 7.98. The van der Waals surface area contributed by atoms with Gasteiger partial charge < -0.3 is 10.0 Å². The molecule has 0 unspecified atom stereocenters. The van der Waals surface area contributed by atoms with Gasteiger partial charge in [-0.05, 0) is 13.2 Å². The summed E-state index contributed by atoms with van der Waals surface area (Å²) in [5, 5.41) is 8.63. The van der Waals surface area contributed by atoms with E-state index in [2.05, 4.69) is 0 Å². The molecule has 0 aromatic carbocycles. The average molecular weight is 205 g/mol. The summed E-state index contributed by atoms with van der Waals surface area (Å²) in [5.41, 5.74) is 0. The third kappa shape index (κ3) is 4.17. The van der Waals surface area contributed by atoms with Gasteiger partial charge in [0.2, 0.25) is 5.91 Å². The predicted octanol–water partition coefficient (Wildman–Crippen LogP) is 0.671. The molecule has 0 heterocycles. The van der Waals surface area contributed by atoms with Crippen LogP contribution in [0.2, 0.25) is 0 Å². The van der Waals surface area contributed by atoms with E-state index in [0.29, 0.717) is 6.42 Å². The van der Waals surface area contributed by atoms with Crippen molar-refractivity contribution >= 4 is 23.6 Å². The minimum absolute atomic E-state index is 0.121. The fourth-order valence-electron chi connectivity index (χ4n) is 0.747. The molecular weight excluding hydrogens is 190 g/mol. The second-order valence-corrected chi connectivity index (χ2v) is 3.75. The lowest BCUT2D eigenvalue weighted by Gasteiger charge is -2.21. The van der Waals surface area contributed by atoms with Gasteiger partial charge >= 0.3 is 5.97 Å². The lowest BCUT2D eigenvalue weighted by molar-refractivity contribution is -0.148. The van der Waals surface area contributed by atoms with E-state index in [0.717, 1.165) is 5.75 Å². The Labute approximate surface area is 82.3 Å². The predicted molar refractivity (Wildman–Crippen MR) is 52.9 cm³/mol. The van der Waals surface area contributed by atoms with Crippen molar-refractivity contribution < 1.29 is 14.7 Å². The first kappa shape index (κ1) is 12.3. The maximum absolute atomic E-state index is 11.3. The van der Waals surface area contributed by atoms with Crippen molar-refractivity contribution in [3.05, 3.63) is 0 Å². The smallest absolute Gasteiger partial charge is 0.326 e. The molecule has 0 fully saturated rings. The van der Waals surface area contributed by atoms with Crippen molar-refractivity contribution in [1.82, 2.24) is 4.90 Å². The van der Waals surface area contributed by atoms with E-state index in [1.807, 2.05) is 6.26 Å². The molecule has 0 aromatic rings. The highest BCUT2D eigenvalue weighted by atomic mass is 32.2. The van der Waals surface area contributed by atoms with Gasteiger partial charge in [-0.1, -0.05) is 0 Å². The Hall–Kier alpha value is -0.710. The Balaban J connectivity index is 4.01. The van der Waals surface area contributed by atoms with E-state index in [4.69, 9.17) is 5.11 Å². The number of aliphatic carboxylic acids is 1. The monoisotopic (exact) mass is 205 g/mol. The number of nitrogens with zero attached hydrogens (tertiary/aromatic N) is 1. The fraction of sp³-hybridized carbons (Fsp3) is 0.750. The minimum Gasteiger partial charge on any atom is -0.480 e. The Bertz CT molecular complexity index is 196. The highest BCUT2D eigenvalue weighted by Crippen LogP contribution is 2.02. The third-order valence-electron chi connectivity index (χ3n) is 1.85. The molecule has 0 spiro atoms. The summed E-state index contributed by atoms with van der Waals surface area (Å²) in [7, 11) is 1.52. The van der Waals surface area contributed by atoms with E-state index in [9.17, 15) is 9.59 Å². The lowest BCUT2D eigenvalue weighted by atomic mass is 10.3. The average Bonchev–Trinajstić information content (AvgIpc) is 2.11. The van der Waals surface area contributed by atoms with E-state index in [1.54, 1.807) is 11.8 Å². The van der Waals surface area contributed by atoms with Crippen LogP contribution in [0.4, 0.5) is 0 Å². The largest absolute Gasteiger partial charge is 0.480 e. The van der Waals surface area contributed by atoms with Gasteiger partial charge in [-0.15, -0.1) is 0 Å². The van der Waals surface area contributed by atoms with Gasteiger partial charge in [-0.3, -0.25) is 4.79 Å². The molecule has 5 heteroatoms. The molecule has 4 nitrogen and oxygen atoms in total. The summed E-state index contributed by atoms with van der Waals surface area (Å²) in [6.45, 7) is 1.50. The Morgan fingerprint density at radius 1 is 1.54 bits per heavy atom. The quantitative estimate of drug-likeness (QED) is 0.716. The van der Waals surface area contributed by atoms with Gasteiger partial charge in [-0.2, -0.15) is 11.8 Å². The number of carbonyl (C=O) groups excluding carboxylic acids is 1. The van der Waals surface area contributed by atoms with Crippen molar-refractivity contribution in [2.75, 3.05) is 19.1 Å². The molecule has 0 aliphatic rings. The van der Waals surface area contributed by atoms with Crippen LogP contribution in [-0.4, -0.2) is 47.0 Å². The Morgan fingerprint density at radius 2 is 2.08 bits per heavy atom. The Kier molecular flexibility index (Phi) is 5.53. The molecule has 0 aliphatic carbocycles. The van der Waals surface area contributed by atoms with Gasteiger partial charge in [-0.25, -0.2) is 4.79 Å². The first-order valence-electron chi connectivity index (χ1n) is 3.98. The van der Waals surface area contributed by atoms with Crippen molar-refractivity contribution in [3.8, 4) is 0 Å². The van der Waals surface area contributed by atoms with Crippen LogP contribution in [0.3, 0.4) is 0 Å². The molecule has 0 saturated carbocycles. The molecule has 1 amide bonds. The van der Waals surface area contributed by atoms with E-state index in [-0.39, 0.29) is 5.91 Å². The third-order valence-corrected chi connectivity index (χ3v) is 2.46. The van der Waals surface area contributed by atoms with Crippen LogP contribution in [0.25, 0.3) is 0 Å². The zero-order chi connectivity index (χ0) is 10.4. The molecule has 0 aromatic heterocycles. The summed E-state index contributed by atoms with van der Waals surface area (Å²) in [5.74, 6) is -0.362. The van der Waals surface area contributed by atoms with E-state index >= 15 is 0 Å². The van der Waals surface area contributed by atoms with E-state index in [1.165, 1.54) is 18.9 Å². The number of rotatable bonds is 5. The Morgan fingerprint density at radius 3 is 2.46 bits per heavy atom. The molecule has 0 saturated heterocycles. The lowest BCUT2D eigenvalue weighted by Crippen LogP contribution is -2.40. The van der Waals surface area contributed by atoms with Gasteiger partial charge in [0.05, 0.1) is 0 Å². The number of likely N-dealkylation sites (N-methyl/N-ethyl adjacent to an activating group) is 1. The molecule has 1 atom stereocenters. The van der Waals surface area contributed by atoms with Gasteiger partial charge in [0.15, 0.2) is 0 Å². The maximum Gasteiger partial charge on any atom is 0.326 e.